The van der Waals surface area contributed by atoms with E-state index in [1.165, 1.54) is 32.1 Å². The molecule has 25 heavy (non-hydrogen) atoms. The molecule has 148 valence electrons. The molecular weight excluding hydrogens is 374 g/mol. The van der Waals surface area contributed by atoms with Crippen molar-refractivity contribution in [1.29, 1.82) is 0 Å². The maximum Gasteiger partial charge on any atom is 0.407 e. The SMILES string of the molecule is CSC(SC)(SC)[C@@H](O)[C@H](CC1CCCCC1)NC(=O)OC(C)(C)C. The second-order valence-electron chi connectivity index (χ2n) is 7.65. The van der Waals surface area contributed by atoms with E-state index >= 15 is 0 Å². The lowest BCUT2D eigenvalue weighted by Gasteiger charge is -2.39. The van der Waals surface area contributed by atoms with E-state index in [1.54, 1.807) is 35.3 Å². The van der Waals surface area contributed by atoms with Crippen LogP contribution in [-0.2, 0) is 4.74 Å². The van der Waals surface area contributed by atoms with Gasteiger partial charge in [-0.1, -0.05) is 32.1 Å². The maximum absolute atomic E-state index is 12.3. The van der Waals surface area contributed by atoms with E-state index in [0.29, 0.717) is 5.92 Å². The lowest BCUT2D eigenvalue weighted by Crippen LogP contribution is -2.52. The highest BCUT2D eigenvalue weighted by Crippen LogP contribution is 2.47. The molecule has 0 aliphatic heterocycles. The van der Waals surface area contributed by atoms with Crippen molar-refractivity contribution in [2.45, 2.75) is 80.5 Å². The van der Waals surface area contributed by atoms with Gasteiger partial charge in [0.2, 0.25) is 0 Å². The molecule has 4 nitrogen and oxygen atoms in total. The van der Waals surface area contributed by atoms with Crippen molar-refractivity contribution in [1.82, 2.24) is 5.32 Å². The molecule has 1 amide bonds. The number of aliphatic hydroxyl groups is 1. The van der Waals surface area contributed by atoms with E-state index in [1.807, 2.05) is 39.5 Å². The summed E-state index contributed by atoms with van der Waals surface area (Å²) < 4.78 is 5.05. The molecule has 0 saturated heterocycles. The van der Waals surface area contributed by atoms with Crippen LogP contribution in [0.4, 0.5) is 4.79 Å². The first-order chi connectivity index (χ1) is 11.7. The summed E-state index contributed by atoms with van der Waals surface area (Å²) in [6, 6.07) is -0.301. The summed E-state index contributed by atoms with van der Waals surface area (Å²) in [6.07, 6.45) is 11.9. The molecule has 0 unspecified atom stereocenters. The van der Waals surface area contributed by atoms with Crippen molar-refractivity contribution >= 4 is 41.4 Å². The standard InChI is InChI=1S/C18H35NO3S3/c1-17(2,3)22-16(21)19-14(12-13-10-8-7-9-11-13)15(20)18(23-4,24-5)25-6/h13-15,20H,7-12H2,1-6H3,(H,19,21)/t14-,15-/m0/s1. The third-order valence-corrected chi connectivity index (χ3v) is 10.0. The number of hydrogen-bond donors (Lipinski definition) is 2. The Balaban J connectivity index is 2.90. The van der Waals surface area contributed by atoms with Gasteiger partial charge in [-0.15, -0.1) is 35.3 Å². The monoisotopic (exact) mass is 409 g/mol. The number of alkyl carbamates (subject to hydrolysis) is 1. The molecule has 1 fully saturated rings. The van der Waals surface area contributed by atoms with Crippen LogP contribution in [0.15, 0.2) is 0 Å². The van der Waals surface area contributed by atoms with Crippen LogP contribution >= 0.6 is 35.3 Å². The lowest BCUT2D eigenvalue weighted by molar-refractivity contribution is 0.0402. The second kappa shape index (κ2) is 10.6. The van der Waals surface area contributed by atoms with Gasteiger partial charge in [0, 0.05) is 0 Å². The summed E-state index contributed by atoms with van der Waals surface area (Å²) >= 11 is 4.92. The van der Waals surface area contributed by atoms with Crippen LogP contribution in [-0.4, -0.2) is 51.1 Å². The number of nitrogens with one attached hydrogen (secondary N) is 1. The fourth-order valence-corrected chi connectivity index (χ4v) is 6.58. The number of rotatable bonds is 8. The van der Waals surface area contributed by atoms with Crippen molar-refractivity contribution in [3.05, 3.63) is 0 Å². The van der Waals surface area contributed by atoms with E-state index in [4.69, 9.17) is 4.74 Å². The minimum atomic E-state index is -0.651. The highest BCUT2D eigenvalue weighted by molar-refractivity contribution is 8.33. The highest BCUT2D eigenvalue weighted by atomic mass is 32.3. The molecule has 0 aromatic carbocycles. The van der Waals surface area contributed by atoms with Crippen molar-refractivity contribution in [2.75, 3.05) is 18.8 Å². The second-order valence-corrected chi connectivity index (χ2v) is 11.6. The third kappa shape index (κ3) is 7.43. The Bertz CT molecular complexity index is 397. The molecule has 0 radical (unpaired) electrons. The molecule has 7 heteroatoms. The number of carbonyl (C=O) groups excluding carboxylic acids is 1. The van der Waals surface area contributed by atoms with Gasteiger partial charge in [-0.25, -0.2) is 4.79 Å². The normalized spacial score (nSPS) is 19.3. The zero-order valence-corrected chi connectivity index (χ0v) is 18.9. The molecule has 1 saturated carbocycles. The Morgan fingerprint density at radius 1 is 1.12 bits per heavy atom. The van der Waals surface area contributed by atoms with Crippen LogP contribution < -0.4 is 5.32 Å². The highest BCUT2D eigenvalue weighted by Gasteiger charge is 2.42. The van der Waals surface area contributed by atoms with Gasteiger partial charge in [0.15, 0.2) is 0 Å². The quantitative estimate of drug-likeness (QED) is 0.553. The van der Waals surface area contributed by atoms with Crippen LogP contribution in [0.5, 0.6) is 0 Å². The molecule has 0 spiro atoms. The van der Waals surface area contributed by atoms with Gasteiger partial charge in [0.05, 0.1) is 6.04 Å². The molecule has 2 N–H and O–H groups in total. The molecule has 2 atom stereocenters. The summed E-state index contributed by atoms with van der Waals surface area (Å²) in [5.41, 5.74) is -0.542. The molecular formula is C18H35NO3S3. The first kappa shape index (κ1) is 23.3. The molecule has 0 heterocycles. The van der Waals surface area contributed by atoms with Gasteiger partial charge < -0.3 is 15.2 Å². The van der Waals surface area contributed by atoms with E-state index in [2.05, 4.69) is 5.32 Å². The smallest absolute Gasteiger partial charge is 0.407 e. The number of ether oxygens (including phenoxy) is 1. The first-order valence-electron chi connectivity index (χ1n) is 9.00. The van der Waals surface area contributed by atoms with Crippen LogP contribution in [0.2, 0.25) is 0 Å². The van der Waals surface area contributed by atoms with Gasteiger partial charge in [0.1, 0.15) is 15.1 Å². The van der Waals surface area contributed by atoms with Gasteiger partial charge in [0.25, 0.3) is 0 Å². The molecule has 0 aromatic rings. The number of amides is 1. The van der Waals surface area contributed by atoms with Gasteiger partial charge >= 0.3 is 6.09 Å². The number of thioether (sulfide) groups is 3. The Morgan fingerprint density at radius 2 is 1.64 bits per heavy atom. The van der Waals surface area contributed by atoms with Crippen molar-refractivity contribution in [3.63, 3.8) is 0 Å². The van der Waals surface area contributed by atoms with Crippen LogP contribution in [0.1, 0.15) is 59.3 Å². The van der Waals surface area contributed by atoms with Crippen LogP contribution in [0.25, 0.3) is 0 Å². The third-order valence-electron chi connectivity index (χ3n) is 4.61. The average molecular weight is 410 g/mol. The van der Waals surface area contributed by atoms with E-state index in [0.717, 1.165) is 6.42 Å². The van der Waals surface area contributed by atoms with Crippen LogP contribution in [0.3, 0.4) is 0 Å². The topological polar surface area (TPSA) is 58.6 Å². The summed E-state index contributed by atoms with van der Waals surface area (Å²) in [6.45, 7) is 5.57. The fourth-order valence-electron chi connectivity index (χ4n) is 3.37. The van der Waals surface area contributed by atoms with Gasteiger partial charge in [-0.2, -0.15) is 0 Å². The summed E-state index contributed by atoms with van der Waals surface area (Å²) in [5, 5.41) is 14.1. The van der Waals surface area contributed by atoms with E-state index in [-0.39, 0.29) is 6.04 Å². The molecule has 1 aliphatic carbocycles. The number of aliphatic hydroxyl groups excluding tert-OH is 1. The van der Waals surface area contributed by atoms with E-state index in [9.17, 15) is 9.90 Å². The van der Waals surface area contributed by atoms with Crippen molar-refractivity contribution < 1.29 is 14.6 Å². The number of carbonyl (C=O) groups is 1. The molecule has 0 aromatic heterocycles. The number of hydrogen-bond acceptors (Lipinski definition) is 6. The molecule has 0 bridgehead atoms. The van der Waals surface area contributed by atoms with Gasteiger partial charge in [-0.3, -0.25) is 0 Å². The fraction of sp³-hybridized carbons (Fsp3) is 0.944. The molecule has 1 rings (SSSR count). The summed E-state index contributed by atoms with van der Waals surface area (Å²) in [4.78, 5) is 12.3. The first-order valence-corrected chi connectivity index (χ1v) is 12.7. The largest absolute Gasteiger partial charge is 0.444 e. The Kier molecular flexibility index (Phi) is 9.86. The van der Waals surface area contributed by atoms with E-state index < -0.39 is 21.2 Å². The average Bonchev–Trinajstić information content (AvgIpc) is 2.55. The minimum absolute atomic E-state index is 0.301. The lowest BCUT2D eigenvalue weighted by atomic mass is 9.84. The Hall–Kier alpha value is 0.280. The van der Waals surface area contributed by atoms with Crippen LogP contribution in [0, 0.1) is 5.92 Å². The summed E-state index contributed by atoms with van der Waals surface area (Å²) in [5.74, 6) is 0.562. The molecule has 1 aliphatic rings. The Labute approximate surface area is 166 Å². The maximum atomic E-state index is 12.3. The van der Waals surface area contributed by atoms with Crippen molar-refractivity contribution in [3.8, 4) is 0 Å². The van der Waals surface area contributed by atoms with Gasteiger partial charge in [-0.05, 0) is 51.9 Å². The zero-order chi connectivity index (χ0) is 19.1. The van der Waals surface area contributed by atoms with Crippen molar-refractivity contribution in [2.24, 2.45) is 5.92 Å². The summed E-state index contributed by atoms with van der Waals surface area (Å²) in [7, 11) is 0. The predicted octanol–water partition coefficient (Wildman–Crippen LogP) is 4.95. The Morgan fingerprint density at radius 3 is 2.08 bits per heavy atom. The minimum Gasteiger partial charge on any atom is -0.444 e. The predicted molar refractivity (Wildman–Crippen MR) is 114 cm³/mol. The zero-order valence-electron chi connectivity index (χ0n) is 16.5.